The fourth-order valence-electron chi connectivity index (χ4n) is 3.97. The minimum Gasteiger partial charge on any atom is -0.466 e. The molecule has 0 spiro atoms. The van der Waals surface area contributed by atoms with E-state index in [0.29, 0.717) is 29.7 Å². The lowest BCUT2D eigenvalue weighted by molar-refractivity contribution is -0.142. The Morgan fingerprint density at radius 2 is 1.91 bits per heavy atom. The van der Waals surface area contributed by atoms with Gasteiger partial charge < -0.3 is 15.4 Å². The van der Waals surface area contributed by atoms with Crippen molar-refractivity contribution in [2.45, 2.75) is 45.1 Å². The highest BCUT2D eigenvalue weighted by Gasteiger charge is 2.21. The second-order valence-electron chi connectivity index (χ2n) is 8.01. The second-order valence-corrected chi connectivity index (χ2v) is 8.37. The third kappa shape index (κ3) is 5.82. The Hall–Kier alpha value is -3.00. The molecule has 9 heteroatoms. The van der Waals surface area contributed by atoms with Crippen LogP contribution in [0.25, 0.3) is 10.9 Å². The molecule has 3 heterocycles. The number of fused-ring (bicyclic) bond motifs is 1. The summed E-state index contributed by atoms with van der Waals surface area (Å²) < 4.78 is 4.95. The third-order valence-corrected chi connectivity index (χ3v) is 5.95. The normalized spacial score (nSPS) is 18.3. The summed E-state index contributed by atoms with van der Waals surface area (Å²) in [6, 6.07) is 6.32. The monoisotopic (exact) mass is 454 g/mol. The van der Waals surface area contributed by atoms with Crippen molar-refractivity contribution in [2.75, 3.05) is 23.8 Å². The molecular formula is C23H27ClN6O2. The number of hydrogen-bond donors (Lipinski definition) is 2. The fourth-order valence-corrected chi connectivity index (χ4v) is 4.17. The van der Waals surface area contributed by atoms with Crippen molar-refractivity contribution in [2.24, 2.45) is 5.92 Å². The molecule has 1 fully saturated rings. The topological polar surface area (TPSA) is 102 Å². The third-order valence-electron chi connectivity index (χ3n) is 5.67. The minimum atomic E-state index is -0.263. The van der Waals surface area contributed by atoms with Gasteiger partial charge in [-0.2, -0.15) is 0 Å². The summed E-state index contributed by atoms with van der Waals surface area (Å²) in [4.78, 5) is 28.9. The number of nitrogens with zero attached hydrogens (tertiary/aromatic N) is 4. The molecule has 2 N–H and O–H groups in total. The van der Waals surface area contributed by atoms with Crippen molar-refractivity contribution in [3.63, 3.8) is 0 Å². The number of esters is 1. The highest BCUT2D eigenvalue weighted by atomic mass is 35.5. The molecule has 168 valence electrons. The van der Waals surface area contributed by atoms with Crippen LogP contribution in [0.15, 0.2) is 36.8 Å². The van der Waals surface area contributed by atoms with Crippen LogP contribution in [0, 0.1) is 5.92 Å². The number of carbonyl (C=O) groups excluding carboxylic acids is 1. The molecule has 1 saturated carbocycles. The van der Waals surface area contributed by atoms with E-state index in [1.165, 1.54) is 0 Å². The number of rotatable bonds is 8. The Balaban J connectivity index is 1.22. The number of carbonyl (C=O) groups is 1. The van der Waals surface area contributed by atoms with Gasteiger partial charge in [0, 0.05) is 42.1 Å². The van der Waals surface area contributed by atoms with E-state index in [9.17, 15) is 4.79 Å². The summed E-state index contributed by atoms with van der Waals surface area (Å²) in [6.07, 6.45) is 9.61. The zero-order chi connectivity index (χ0) is 22.3. The highest BCUT2D eigenvalue weighted by Crippen LogP contribution is 2.27. The molecule has 3 aromatic rings. The Morgan fingerprint density at radius 3 is 2.66 bits per heavy atom. The first-order valence-electron chi connectivity index (χ1n) is 11.0. The molecule has 1 aliphatic rings. The zero-order valence-electron chi connectivity index (χ0n) is 18.1. The van der Waals surface area contributed by atoms with Gasteiger partial charge in [-0.15, -0.1) is 0 Å². The van der Waals surface area contributed by atoms with Gasteiger partial charge in [0.05, 0.1) is 13.0 Å². The zero-order valence-corrected chi connectivity index (χ0v) is 18.8. The second kappa shape index (κ2) is 10.5. The van der Waals surface area contributed by atoms with E-state index in [0.717, 1.165) is 54.5 Å². The number of ether oxygens (including phenoxy) is 1. The number of pyridine rings is 2. The molecule has 0 unspecified atom stereocenters. The molecular weight excluding hydrogens is 428 g/mol. The lowest BCUT2D eigenvalue weighted by Crippen LogP contribution is -2.29. The van der Waals surface area contributed by atoms with E-state index in [4.69, 9.17) is 16.3 Å². The maximum absolute atomic E-state index is 11.5. The summed E-state index contributed by atoms with van der Waals surface area (Å²) in [5, 5.41) is 8.28. The summed E-state index contributed by atoms with van der Waals surface area (Å²) in [7, 11) is 0. The van der Waals surface area contributed by atoms with Crippen LogP contribution in [0.3, 0.4) is 0 Å². The predicted molar refractivity (Wildman–Crippen MR) is 125 cm³/mol. The van der Waals surface area contributed by atoms with Gasteiger partial charge in [-0.05, 0) is 56.7 Å². The number of nitrogens with one attached hydrogen (secondary N) is 2. The molecule has 0 saturated heterocycles. The van der Waals surface area contributed by atoms with E-state index in [-0.39, 0.29) is 12.4 Å². The van der Waals surface area contributed by atoms with Crippen LogP contribution < -0.4 is 10.6 Å². The lowest BCUT2D eigenvalue weighted by Gasteiger charge is -2.29. The van der Waals surface area contributed by atoms with Gasteiger partial charge in [-0.1, -0.05) is 11.6 Å². The molecule has 0 atom stereocenters. The maximum atomic E-state index is 11.5. The molecule has 32 heavy (non-hydrogen) atoms. The van der Waals surface area contributed by atoms with Crippen molar-refractivity contribution in [1.82, 2.24) is 19.9 Å². The Labute approximate surface area is 192 Å². The Kier molecular flexibility index (Phi) is 7.32. The fraction of sp³-hybridized carbons (Fsp3) is 0.435. The average Bonchev–Trinajstić information content (AvgIpc) is 2.80. The van der Waals surface area contributed by atoms with E-state index in [1.807, 2.05) is 18.2 Å². The molecule has 0 aliphatic heterocycles. The van der Waals surface area contributed by atoms with Crippen molar-refractivity contribution < 1.29 is 9.53 Å². The molecule has 0 bridgehead atoms. The molecule has 4 rings (SSSR count). The lowest BCUT2D eigenvalue weighted by atomic mass is 9.86. The van der Waals surface area contributed by atoms with Crippen LogP contribution in [0.4, 0.5) is 11.8 Å². The van der Waals surface area contributed by atoms with Gasteiger partial charge in [-0.3, -0.25) is 4.79 Å². The van der Waals surface area contributed by atoms with Crippen molar-refractivity contribution >= 4 is 40.2 Å². The van der Waals surface area contributed by atoms with Crippen molar-refractivity contribution in [3.8, 4) is 0 Å². The first-order chi connectivity index (χ1) is 15.6. The molecule has 3 aromatic heterocycles. The molecule has 0 amide bonds. The summed E-state index contributed by atoms with van der Waals surface area (Å²) in [5.41, 5.74) is 1.48. The first kappa shape index (κ1) is 22.2. The number of halogens is 1. The van der Waals surface area contributed by atoms with Crippen LogP contribution in [-0.2, 0) is 16.0 Å². The first-order valence-corrected chi connectivity index (χ1v) is 11.4. The van der Waals surface area contributed by atoms with Gasteiger partial charge in [0.1, 0.15) is 11.3 Å². The molecule has 8 nitrogen and oxygen atoms in total. The van der Waals surface area contributed by atoms with E-state index in [2.05, 4.69) is 30.6 Å². The minimum absolute atomic E-state index is 0.194. The van der Waals surface area contributed by atoms with Crippen molar-refractivity contribution in [3.05, 3.63) is 47.5 Å². The number of anilines is 2. The SMILES string of the molecule is CCOC(=O)Cc1cnc(NCC2CCC(Nc3ccc4ccnc(Cl)c4n3)CC2)nc1. The maximum Gasteiger partial charge on any atom is 0.310 e. The predicted octanol–water partition coefficient (Wildman–Crippen LogP) is 4.26. The van der Waals surface area contributed by atoms with E-state index >= 15 is 0 Å². The van der Waals surface area contributed by atoms with Gasteiger partial charge in [0.15, 0.2) is 5.15 Å². The quantitative estimate of drug-likeness (QED) is 0.384. The molecule has 1 aliphatic carbocycles. The summed E-state index contributed by atoms with van der Waals surface area (Å²) >= 11 is 6.18. The Bertz CT molecular complexity index is 1050. The molecule has 0 aromatic carbocycles. The Morgan fingerprint density at radius 1 is 1.12 bits per heavy atom. The highest BCUT2D eigenvalue weighted by molar-refractivity contribution is 6.33. The summed E-state index contributed by atoms with van der Waals surface area (Å²) in [5.74, 6) is 1.73. The van der Waals surface area contributed by atoms with Crippen LogP contribution in [0.5, 0.6) is 0 Å². The van der Waals surface area contributed by atoms with Crippen molar-refractivity contribution in [1.29, 1.82) is 0 Å². The average molecular weight is 455 g/mol. The van der Waals surface area contributed by atoms with E-state index in [1.54, 1.807) is 25.5 Å². The van der Waals surface area contributed by atoms with Crippen LogP contribution in [-0.4, -0.2) is 45.1 Å². The smallest absolute Gasteiger partial charge is 0.310 e. The summed E-state index contributed by atoms with van der Waals surface area (Å²) in [6.45, 7) is 3.00. The van der Waals surface area contributed by atoms with Gasteiger partial charge in [0.25, 0.3) is 0 Å². The van der Waals surface area contributed by atoms with Gasteiger partial charge in [-0.25, -0.2) is 19.9 Å². The van der Waals surface area contributed by atoms with Crippen LogP contribution >= 0.6 is 11.6 Å². The number of aromatic nitrogens is 4. The van der Waals surface area contributed by atoms with Gasteiger partial charge in [0.2, 0.25) is 5.95 Å². The standard InChI is InChI=1S/C23H27ClN6O2/c1-2-32-20(31)11-16-13-27-23(28-14-16)26-12-15-3-6-18(7-4-15)29-19-8-5-17-9-10-25-22(24)21(17)30-19/h5,8-10,13-15,18H,2-4,6-7,11-12H2,1H3,(H,29,30)(H,26,27,28). The van der Waals surface area contributed by atoms with Crippen LogP contribution in [0.1, 0.15) is 38.2 Å². The van der Waals surface area contributed by atoms with Gasteiger partial charge >= 0.3 is 5.97 Å². The number of hydrogen-bond acceptors (Lipinski definition) is 8. The van der Waals surface area contributed by atoms with E-state index < -0.39 is 0 Å². The molecule has 0 radical (unpaired) electrons. The largest absolute Gasteiger partial charge is 0.466 e. The van der Waals surface area contributed by atoms with Crippen LogP contribution in [0.2, 0.25) is 5.15 Å².